The molecule has 18 heavy (non-hydrogen) atoms. The Kier molecular flexibility index (Phi) is 3.34. The van der Waals surface area contributed by atoms with Crippen molar-refractivity contribution in [3.8, 4) is 0 Å². The molecule has 2 rings (SSSR count). The molecule has 0 aliphatic rings. The Hall–Kier alpha value is -2.27. The maximum atomic E-state index is 11.8. The van der Waals surface area contributed by atoms with Crippen molar-refractivity contribution in [2.24, 2.45) is 0 Å². The van der Waals surface area contributed by atoms with E-state index in [4.69, 9.17) is 0 Å². The summed E-state index contributed by atoms with van der Waals surface area (Å²) < 4.78 is 0. The molecule has 0 aliphatic heterocycles. The Morgan fingerprint density at radius 1 is 1.39 bits per heavy atom. The van der Waals surface area contributed by atoms with E-state index in [9.17, 15) is 4.79 Å². The Bertz CT molecular complexity index is 594. The highest BCUT2D eigenvalue weighted by molar-refractivity contribution is 6.01. The van der Waals surface area contributed by atoms with Gasteiger partial charge in [0.15, 0.2) is 0 Å². The second-order valence-corrected chi connectivity index (χ2v) is 3.97. The average molecular weight is 242 g/mol. The number of benzene rings is 1. The monoisotopic (exact) mass is 242 g/mol. The first kappa shape index (κ1) is 12.2. The van der Waals surface area contributed by atoms with Crippen LogP contribution in [0.1, 0.15) is 0 Å². The lowest BCUT2D eigenvalue weighted by molar-refractivity contribution is -0.116. The van der Waals surface area contributed by atoms with Gasteiger partial charge < -0.3 is 0 Å². The zero-order chi connectivity index (χ0) is 13.1. The van der Waals surface area contributed by atoms with E-state index in [1.165, 1.54) is 17.4 Å². The maximum Gasteiger partial charge on any atom is 0.264 e. The number of rotatable bonds is 3. The van der Waals surface area contributed by atoms with E-state index < -0.39 is 0 Å². The molecule has 0 fully saturated rings. The van der Waals surface area contributed by atoms with Crippen molar-refractivity contribution in [3.63, 3.8) is 0 Å². The van der Waals surface area contributed by atoms with Gasteiger partial charge in [-0.3, -0.25) is 4.79 Å². The smallest absolute Gasteiger partial charge is 0.264 e. The van der Waals surface area contributed by atoms with Crippen molar-refractivity contribution >= 4 is 22.5 Å². The second-order valence-electron chi connectivity index (χ2n) is 3.97. The van der Waals surface area contributed by atoms with Crippen LogP contribution in [0.25, 0.3) is 10.9 Å². The van der Waals surface area contributed by atoms with Crippen LogP contribution in [0.4, 0.5) is 5.69 Å². The number of hydrazine groups is 1. The molecular weight excluding hydrogens is 228 g/mol. The number of anilines is 1. The van der Waals surface area contributed by atoms with Crippen LogP contribution in [0.15, 0.2) is 43.4 Å². The maximum absolute atomic E-state index is 11.8. The molecule has 0 aliphatic carbocycles. The van der Waals surface area contributed by atoms with Gasteiger partial charge in [-0.1, -0.05) is 6.58 Å². The third-order valence-electron chi connectivity index (χ3n) is 2.52. The molecule has 1 aromatic heterocycles. The topological polar surface area (TPSA) is 49.3 Å². The number of aromatic nitrogens is 2. The molecule has 5 nitrogen and oxygen atoms in total. The first-order valence-corrected chi connectivity index (χ1v) is 5.47. The molecule has 92 valence electrons. The fraction of sp³-hybridized carbons (Fsp3) is 0.154. The van der Waals surface area contributed by atoms with E-state index in [0.717, 1.165) is 16.6 Å². The molecule has 1 amide bonds. The number of carbonyl (C=O) groups excluding carboxylic acids is 1. The molecule has 1 heterocycles. The predicted octanol–water partition coefficient (Wildman–Crippen LogP) is 1.63. The van der Waals surface area contributed by atoms with Crippen molar-refractivity contribution in [1.29, 1.82) is 0 Å². The fourth-order valence-electron chi connectivity index (χ4n) is 1.75. The molecule has 0 atom stereocenters. The van der Waals surface area contributed by atoms with Gasteiger partial charge >= 0.3 is 0 Å². The first-order chi connectivity index (χ1) is 8.63. The summed E-state index contributed by atoms with van der Waals surface area (Å²) in [7, 11) is 3.60. The summed E-state index contributed by atoms with van der Waals surface area (Å²) in [5, 5.41) is 4.12. The number of hydrogen-bond donors (Lipinski definition) is 0. The molecule has 0 saturated heterocycles. The van der Waals surface area contributed by atoms with Crippen LogP contribution in [0.2, 0.25) is 0 Å². The Morgan fingerprint density at radius 3 is 2.83 bits per heavy atom. The number of hydrogen-bond acceptors (Lipinski definition) is 4. The minimum Gasteiger partial charge on any atom is -0.268 e. The predicted molar refractivity (Wildman–Crippen MR) is 70.9 cm³/mol. The first-order valence-electron chi connectivity index (χ1n) is 5.47. The lowest BCUT2D eigenvalue weighted by atomic mass is 10.2. The van der Waals surface area contributed by atoms with Crippen molar-refractivity contribution in [2.45, 2.75) is 0 Å². The van der Waals surface area contributed by atoms with Crippen molar-refractivity contribution < 1.29 is 4.79 Å². The second kappa shape index (κ2) is 4.93. The van der Waals surface area contributed by atoms with Gasteiger partial charge in [-0.05, 0) is 24.3 Å². The van der Waals surface area contributed by atoms with Crippen molar-refractivity contribution in [2.75, 3.05) is 19.1 Å². The number of nitrogens with zero attached hydrogens (tertiary/aromatic N) is 4. The third kappa shape index (κ3) is 2.21. The highest BCUT2D eigenvalue weighted by atomic mass is 16.2. The summed E-state index contributed by atoms with van der Waals surface area (Å²) in [5.41, 5.74) is 1.60. The lowest BCUT2D eigenvalue weighted by Crippen LogP contribution is -2.41. The minimum atomic E-state index is -0.184. The molecule has 0 N–H and O–H groups in total. The minimum absolute atomic E-state index is 0.184. The summed E-state index contributed by atoms with van der Waals surface area (Å²) in [6, 6.07) is 5.58. The number of fused-ring (bicyclic) bond motifs is 1. The molecule has 0 bridgehead atoms. The van der Waals surface area contributed by atoms with Crippen LogP contribution in [0, 0.1) is 0 Å². The van der Waals surface area contributed by atoms with E-state index in [1.54, 1.807) is 25.3 Å². The highest BCUT2D eigenvalue weighted by Gasteiger charge is 2.15. The normalized spacial score (nSPS) is 10.6. The summed E-state index contributed by atoms with van der Waals surface area (Å²) >= 11 is 0. The summed E-state index contributed by atoms with van der Waals surface area (Å²) in [4.78, 5) is 19.9. The Balaban J connectivity index is 2.51. The van der Waals surface area contributed by atoms with E-state index in [2.05, 4.69) is 16.5 Å². The highest BCUT2D eigenvalue weighted by Crippen LogP contribution is 2.21. The van der Waals surface area contributed by atoms with Gasteiger partial charge in [0.05, 0.1) is 11.2 Å². The molecule has 0 saturated carbocycles. The SMILES string of the molecule is C=CC(=O)N(c1ccc2ncncc2c1)N(C)C. The fourth-order valence-corrected chi connectivity index (χ4v) is 1.75. The zero-order valence-corrected chi connectivity index (χ0v) is 10.4. The van der Waals surface area contributed by atoms with E-state index in [0.29, 0.717) is 0 Å². The zero-order valence-electron chi connectivity index (χ0n) is 10.4. The summed E-state index contributed by atoms with van der Waals surface area (Å²) in [5.74, 6) is -0.184. The lowest BCUT2D eigenvalue weighted by Gasteiger charge is -2.27. The van der Waals surface area contributed by atoms with E-state index >= 15 is 0 Å². The van der Waals surface area contributed by atoms with Gasteiger partial charge in [-0.2, -0.15) is 0 Å². The van der Waals surface area contributed by atoms with Crippen molar-refractivity contribution in [1.82, 2.24) is 15.0 Å². The summed E-state index contributed by atoms with van der Waals surface area (Å²) in [6.07, 6.45) is 4.50. The molecule has 2 aromatic rings. The van der Waals surface area contributed by atoms with Crippen LogP contribution >= 0.6 is 0 Å². The molecular formula is C13H14N4O. The van der Waals surface area contributed by atoms with Gasteiger partial charge in [0.2, 0.25) is 0 Å². The van der Waals surface area contributed by atoms with Gasteiger partial charge in [-0.25, -0.2) is 20.0 Å². The van der Waals surface area contributed by atoms with Crippen LogP contribution in [-0.2, 0) is 4.79 Å². The van der Waals surface area contributed by atoms with Gasteiger partial charge in [0.1, 0.15) is 6.33 Å². The molecule has 5 heteroatoms. The van der Waals surface area contributed by atoms with Gasteiger partial charge in [0, 0.05) is 25.7 Å². The number of amides is 1. The Labute approximate surface area is 105 Å². The van der Waals surface area contributed by atoms with Crippen LogP contribution in [0.3, 0.4) is 0 Å². The molecule has 0 unspecified atom stereocenters. The van der Waals surface area contributed by atoms with Crippen LogP contribution in [0.5, 0.6) is 0 Å². The average Bonchev–Trinajstić information content (AvgIpc) is 2.38. The van der Waals surface area contributed by atoms with E-state index in [1.807, 2.05) is 18.2 Å². The molecule has 1 aromatic carbocycles. The molecule has 0 spiro atoms. The van der Waals surface area contributed by atoms with Crippen LogP contribution in [-0.4, -0.2) is 35.0 Å². The standard InChI is InChI=1S/C13H14N4O/c1-4-13(18)17(16(2)3)11-5-6-12-10(7-11)8-14-9-15-12/h4-9H,1H2,2-3H3. The van der Waals surface area contributed by atoms with Gasteiger partial charge in [0.25, 0.3) is 5.91 Å². The number of carbonyl (C=O) groups is 1. The van der Waals surface area contributed by atoms with E-state index in [-0.39, 0.29) is 5.91 Å². The summed E-state index contributed by atoms with van der Waals surface area (Å²) in [6.45, 7) is 3.51. The van der Waals surface area contributed by atoms with Crippen LogP contribution < -0.4 is 5.01 Å². The quantitative estimate of drug-likeness (QED) is 0.606. The third-order valence-corrected chi connectivity index (χ3v) is 2.52. The Morgan fingerprint density at radius 2 is 2.17 bits per heavy atom. The van der Waals surface area contributed by atoms with Gasteiger partial charge in [-0.15, -0.1) is 0 Å². The van der Waals surface area contributed by atoms with Crippen molar-refractivity contribution in [3.05, 3.63) is 43.4 Å². The largest absolute Gasteiger partial charge is 0.268 e. The molecule has 0 radical (unpaired) electrons.